The van der Waals surface area contributed by atoms with E-state index >= 15 is 0 Å². The molecule has 2 N–H and O–H groups in total. The monoisotopic (exact) mass is 193 g/mol. The number of aryl methyl sites for hydroxylation is 1. The molecule has 0 saturated carbocycles. The number of rotatable bonds is 4. The fraction of sp³-hybridized carbons (Fsp3) is 0.364. The van der Waals surface area contributed by atoms with Gasteiger partial charge in [-0.05, 0) is 31.0 Å². The molecule has 0 unspecified atom stereocenters. The maximum atomic E-state index is 10.9. The van der Waals surface area contributed by atoms with Gasteiger partial charge in [-0.3, -0.25) is 4.79 Å². The quantitative estimate of drug-likeness (QED) is 0.790. The molecular weight excluding hydrogens is 178 g/mol. The average molecular weight is 193 g/mol. The Bertz CT molecular complexity index is 323. The van der Waals surface area contributed by atoms with Gasteiger partial charge >= 0.3 is 0 Å². The second-order valence-electron chi connectivity index (χ2n) is 3.23. The normalized spacial score (nSPS) is 12.1. The molecule has 1 atom stereocenters. The van der Waals surface area contributed by atoms with Crippen molar-refractivity contribution in [3.05, 3.63) is 29.8 Å². The van der Waals surface area contributed by atoms with Gasteiger partial charge in [-0.25, -0.2) is 0 Å². The first kappa shape index (κ1) is 10.6. The van der Waals surface area contributed by atoms with Crippen LogP contribution >= 0.6 is 0 Å². The van der Waals surface area contributed by atoms with Crippen LogP contribution in [0.15, 0.2) is 24.3 Å². The van der Waals surface area contributed by atoms with E-state index in [1.165, 1.54) is 0 Å². The van der Waals surface area contributed by atoms with Gasteiger partial charge in [0.2, 0.25) is 0 Å². The molecule has 1 amide bonds. The topological polar surface area (TPSA) is 52.3 Å². The average Bonchev–Trinajstić information content (AvgIpc) is 2.14. The molecule has 0 aliphatic heterocycles. The van der Waals surface area contributed by atoms with Gasteiger partial charge < -0.3 is 10.5 Å². The van der Waals surface area contributed by atoms with E-state index in [0.717, 1.165) is 5.56 Å². The van der Waals surface area contributed by atoms with Crippen molar-refractivity contribution >= 4 is 5.91 Å². The Morgan fingerprint density at radius 3 is 2.79 bits per heavy atom. The molecule has 3 nitrogen and oxygen atoms in total. The number of hydrogen-bond donors (Lipinski definition) is 1. The van der Waals surface area contributed by atoms with Crippen molar-refractivity contribution in [1.29, 1.82) is 0 Å². The zero-order chi connectivity index (χ0) is 10.6. The zero-order valence-electron chi connectivity index (χ0n) is 8.49. The van der Waals surface area contributed by atoms with Crippen LogP contribution in [0.5, 0.6) is 5.75 Å². The number of ether oxygens (including phenoxy) is 1. The Balaban J connectivity index is 2.72. The van der Waals surface area contributed by atoms with Crippen molar-refractivity contribution in [1.82, 2.24) is 0 Å². The molecule has 76 valence electrons. The summed E-state index contributed by atoms with van der Waals surface area (Å²) in [6, 6.07) is 7.56. The van der Waals surface area contributed by atoms with E-state index in [2.05, 4.69) is 0 Å². The number of primary amides is 1. The van der Waals surface area contributed by atoms with Gasteiger partial charge in [-0.2, -0.15) is 0 Å². The lowest BCUT2D eigenvalue weighted by Gasteiger charge is -2.14. The minimum Gasteiger partial charge on any atom is -0.481 e. The lowest BCUT2D eigenvalue weighted by molar-refractivity contribution is -0.124. The SMILES string of the molecule is CC[C@H](Oc1cccc(C)c1)C(N)=O. The van der Waals surface area contributed by atoms with Crippen LogP contribution in [-0.2, 0) is 4.79 Å². The highest BCUT2D eigenvalue weighted by molar-refractivity contribution is 5.79. The van der Waals surface area contributed by atoms with Gasteiger partial charge in [0.25, 0.3) is 5.91 Å². The Hall–Kier alpha value is -1.51. The number of benzene rings is 1. The number of nitrogens with two attached hydrogens (primary N) is 1. The summed E-state index contributed by atoms with van der Waals surface area (Å²) in [5.41, 5.74) is 6.27. The predicted molar refractivity (Wildman–Crippen MR) is 55.1 cm³/mol. The predicted octanol–water partition coefficient (Wildman–Crippen LogP) is 1.64. The third-order valence-electron chi connectivity index (χ3n) is 1.96. The number of amides is 1. The van der Waals surface area contributed by atoms with Crippen LogP contribution in [0, 0.1) is 6.92 Å². The fourth-order valence-electron chi connectivity index (χ4n) is 1.20. The summed E-state index contributed by atoms with van der Waals surface area (Å²) in [5, 5.41) is 0. The Kier molecular flexibility index (Phi) is 3.51. The molecule has 0 radical (unpaired) electrons. The molecular formula is C11H15NO2. The summed E-state index contributed by atoms with van der Waals surface area (Å²) in [7, 11) is 0. The van der Waals surface area contributed by atoms with Gasteiger partial charge in [-0.1, -0.05) is 19.1 Å². The first-order valence-corrected chi connectivity index (χ1v) is 4.66. The van der Waals surface area contributed by atoms with E-state index in [4.69, 9.17) is 10.5 Å². The van der Waals surface area contributed by atoms with Gasteiger partial charge in [-0.15, -0.1) is 0 Å². The minimum absolute atomic E-state index is 0.422. The Labute approximate surface area is 83.9 Å². The van der Waals surface area contributed by atoms with E-state index in [-0.39, 0.29) is 0 Å². The highest BCUT2D eigenvalue weighted by atomic mass is 16.5. The summed E-state index contributed by atoms with van der Waals surface area (Å²) >= 11 is 0. The van der Waals surface area contributed by atoms with Crippen molar-refractivity contribution in [3.63, 3.8) is 0 Å². The first-order chi connectivity index (χ1) is 6.63. The standard InChI is InChI=1S/C11H15NO2/c1-3-10(11(12)13)14-9-6-4-5-8(2)7-9/h4-7,10H,3H2,1-2H3,(H2,12,13)/t10-/m0/s1. The van der Waals surface area contributed by atoms with Crippen molar-refractivity contribution in [3.8, 4) is 5.75 Å². The lowest BCUT2D eigenvalue weighted by atomic mass is 10.2. The molecule has 1 aromatic rings. The zero-order valence-corrected chi connectivity index (χ0v) is 8.49. The highest BCUT2D eigenvalue weighted by Gasteiger charge is 2.13. The van der Waals surface area contributed by atoms with Gasteiger partial charge in [0.1, 0.15) is 5.75 Å². The van der Waals surface area contributed by atoms with Crippen molar-refractivity contribution < 1.29 is 9.53 Å². The second kappa shape index (κ2) is 4.65. The van der Waals surface area contributed by atoms with Crippen LogP contribution in [-0.4, -0.2) is 12.0 Å². The molecule has 1 rings (SSSR count). The molecule has 0 aliphatic rings. The van der Waals surface area contributed by atoms with E-state index in [1.807, 2.05) is 38.1 Å². The summed E-state index contributed by atoms with van der Waals surface area (Å²) in [6.07, 6.45) is 0.0558. The van der Waals surface area contributed by atoms with Crippen LogP contribution in [0.25, 0.3) is 0 Å². The van der Waals surface area contributed by atoms with Crippen molar-refractivity contribution in [2.75, 3.05) is 0 Å². The number of hydrogen-bond acceptors (Lipinski definition) is 2. The number of carbonyl (C=O) groups excluding carboxylic acids is 1. The number of carbonyl (C=O) groups is 1. The second-order valence-corrected chi connectivity index (χ2v) is 3.23. The van der Waals surface area contributed by atoms with Crippen LogP contribution < -0.4 is 10.5 Å². The minimum atomic E-state index is -0.531. The first-order valence-electron chi connectivity index (χ1n) is 4.66. The maximum absolute atomic E-state index is 10.9. The smallest absolute Gasteiger partial charge is 0.258 e. The Morgan fingerprint density at radius 1 is 1.57 bits per heavy atom. The van der Waals surface area contributed by atoms with Gasteiger partial charge in [0.15, 0.2) is 6.10 Å². The van der Waals surface area contributed by atoms with E-state index in [0.29, 0.717) is 12.2 Å². The van der Waals surface area contributed by atoms with Crippen LogP contribution in [0.1, 0.15) is 18.9 Å². The molecule has 0 aromatic heterocycles. The molecule has 0 aliphatic carbocycles. The molecule has 3 heteroatoms. The molecule has 0 spiro atoms. The molecule has 1 aromatic carbocycles. The van der Waals surface area contributed by atoms with E-state index < -0.39 is 12.0 Å². The van der Waals surface area contributed by atoms with Crippen LogP contribution in [0.4, 0.5) is 0 Å². The van der Waals surface area contributed by atoms with Crippen molar-refractivity contribution in [2.45, 2.75) is 26.4 Å². The molecule has 0 fully saturated rings. The van der Waals surface area contributed by atoms with Gasteiger partial charge in [0.05, 0.1) is 0 Å². The summed E-state index contributed by atoms with van der Waals surface area (Å²) in [5.74, 6) is 0.268. The highest BCUT2D eigenvalue weighted by Crippen LogP contribution is 2.14. The molecule has 0 saturated heterocycles. The summed E-state index contributed by atoms with van der Waals surface area (Å²) < 4.78 is 5.43. The third kappa shape index (κ3) is 2.76. The van der Waals surface area contributed by atoms with E-state index in [1.54, 1.807) is 0 Å². The van der Waals surface area contributed by atoms with Crippen LogP contribution in [0.3, 0.4) is 0 Å². The van der Waals surface area contributed by atoms with E-state index in [9.17, 15) is 4.79 Å². The third-order valence-corrected chi connectivity index (χ3v) is 1.96. The molecule has 0 bridgehead atoms. The fourth-order valence-corrected chi connectivity index (χ4v) is 1.20. The maximum Gasteiger partial charge on any atom is 0.258 e. The largest absolute Gasteiger partial charge is 0.481 e. The Morgan fingerprint density at radius 2 is 2.29 bits per heavy atom. The molecule has 14 heavy (non-hydrogen) atoms. The van der Waals surface area contributed by atoms with Crippen LogP contribution in [0.2, 0.25) is 0 Å². The summed E-state index contributed by atoms with van der Waals surface area (Å²) in [6.45, 7) is 3.84. The van der Waals surface area contributed by atoms with Crippen molar-refractivity contribution in [2.24, 2.45) is 5.73 Å². The molecule has 0 heterocycles. The lowest BCUT2D eigenvalue weighted by Crippen LogP contribution is -2.32. The summed E-state index contributed by atoms with van der Waals surface area (Å²) in [4.78, 5) is 10.9. The van der Waals surface area contributed by atoms with Gasteiger partial charge in [0, 0.05) is 0 Å².